The Morgan fingerprint density at radius 3 is 2.21 bits per heavy atom. The van der Waals surface area contributed by atoms with Gasteiger partial charge in [-0.2, -0.15) is 13.2 Å². The molecule has 0 aliphatic rings. The third-order valence-electron chi connectivity index (χ3n) is 6.29. The van der Waals surface area contributed by atoms with Crippen LogP contribution in [0.5, 0.6) is 0 Å². The molecule has 0 saturated carbocycles. The fourth-order valence-corrected chi connectivity index (χ4v) is 6.36. The monoisotopic (exact) mass is 767 g/mol. The zero-order valence-electron chi connectivity index (χ0n) is 23.0. The minimum atomic E-state index is -4.90. The Labute approximate surface area is 240 Å². The van der Waals surface area contributed by atoms with E-state index in [0.29, 0.717) is 18.8 Å². The number of nitrogens with zero attached hydrogens (tertiary/aromatic N) is 1. The number of hydrogen-bond acceptors (Lipinski definition) is 3. The van der Waals surface area contributed by atoms with E-state index in [0.717, 1.165) is 11.3 Å². The number of carbonyl (C=O) groups is 1. The van der Waals surface area contributed by atoms with E-state index in [1.165, 1.54) is 20.7 Å². The zero-order valence-corrected chi connectivity index (χ0v) is 27.5. The van der Waals surface area contributed by atoms with Crippen LogP contribution in [-0.2, 0) is 24.9 Å². The van der Waals surface area contributed by atoms with Crippen molar-refractivity contribution in [3.8, 4) is 11.3 Å². The molecule has 0 aliphatic heterocycles. The minimum absolute atomic E-state index is 0. The van der Waals surface area contributed by atoms with E-state index < -0.39 is 31.0 Å². The Hall–Kier alpha value is -1.96. The van der Waals surface area contributed by atoms with E-state index in [-0.39, 0.29) is 32.1 Å². The van der Waals surface area contributed by atoms with Gasteiger partial charge < -0.3 is 5.11 Å². The van der Waals surface area contributed by atoms with Gasteiger partial charge in [0.2, 0.25) is 0 Å². The van der Waals surface area contributed by atoms with Crippen LogP contribution in [0.2, 0.25) is 17.3 Å². The molecule has 0 saturated heterocycles. The van der Waals surface area contributed by atoms with Crippen molar-refractivity contribution in [3.05, 3.63) is 72.1 Å². The molecule has 0 atom stereocenters. The number of aliphatic hydroxyl groups excluding tert-OH is 1. The first-order valence-electron chi connectivity index (χ1n) is 12.6. The molecule has 8 heteroatoms. The van der Waals surface area contributed by atoms with E-state index in [4.69, 9.17) is 0 Å². The van der Waals surface area contributed by atoms with Crippen LogP contribution in [0.15, 0.2) is 60.5 Å². The van der Waals surface area contributed by atoms with Gasteiger partial charge in [0.25, 0.3) is 5.78 Å². The van der Waals surface area contributed by atoms with Crippen LogP contribution in [0.1, 0.15) is 52.0 Å². The van der Waals surface area contributed by atoms with Gasteiger partial charge in [-0.25, -0.2) is 0 Å². The molecule has 0 spiro atoms. The predicted octanol–water partition coefficient (Wildman–Crippen LogP) is 8.36. The first-order valence-corrected chi connectivity index (χ1v) is 20.0. The van der Waals surface area contributed by atoms with Crippen molar-refractivity contribution >= 4 is 34.2 Å². The number of aliphatic hydroxyl groups is 1. The summed E-state index contributed by atoms with van der Waals surface area (Å²) < 4.78 is 36.8. The van der Waals surface area contributed by atoms with Gasteiger partial charge in [-0.1, -0.05) is 13.8 Å². The van der Waals surface area contributed by atoms with Crippen molar-refractivity contribution in [1.29, 1.82) is 0 Å². The van der Waals surface area contributed by atoms with Crippen molar-refractivity contribution in [3.63, 3.8) is 0 Å². The van der Waals surface area contributed by atoms with Gasteiger partial charge in [0.05, 0.1) is 5.76 Å². The average molecular weight is 765 g/mol. The second-order valence-corrected chi connectivity index (χ2v) is 21.1. The second kappa shape index (κ2) is 14.4. The number of pyridine rings is 1. The number of alkyl halides is 3. The smallest absolute Gasteiger partial charge is 0.454 e. The molecule has 0 bridgehead atoms. The molecule has 1 N–H and O–H groups in total. The predicted molar refractivity (Wildman–Crippen MR) is 149 cm³/mol. The summed E-state index contributed by atoms with van der Waals surface area (Å²) in [6.45, 7) is 7.96. The van der Waals surface area contributed by atoms with Crippen LogP contribution >= 0.6 is 0 Å². The largest absolute Gasteiger partial charge is 0.512 e. The molecule has 1 heterocycles. The normalized spacial score (nSPS) is 12.3. The number of ketones is 1. The third-order valence-corrected chi connectivity index (χ3v) is 10.6. The molecule has 3 aromatic rings. The van der Waals surface area contributed by atoms with E-state index in [9.17, 15) is 23.1 Å². The molecule has 3 rings (SSSR count). The van der Waals surface area contributed by atoms with Gasteiger partial charge in [-0.05, 0) is 12.8 Å². The molecular formula is C30H37F3GeIrNO2-. The van der Waals surface area contributed by atoms with Gasteiger partial charge >= 0.3 is 148 Å². The Bertz CT molecular complexity index is 1250. The summed E-state index contributed by atoms with van der Waals surface area (Å²) in [6.07, 6.45) is -1.68. The van der Waals surface area contributed by atoms with E-state index >= 15 is 0 Å². The van der Waals surface area contributed by atoms with Crippen LogP contribution in [0.3, 0.4) is 0 Å². The maximum Gasteiger partial charge on any atom is 0.454 e. The maximum atomic E-state index is 11.8. The van der Waals surface area contributed by atoms with Crippen molar-refractivity contribution in [2.24, 2.45) is 5.92 Å². The Balaban J connectivity index is 0.000000420. The van der Waals surface area contributed by atoms with Gasteiger partial charge in [0.15, 0.2) is 0 Å². The molecule has 38 heavy (non-hydrogen) atoms. The molecule has 0 fully saturated rings. The van der Waals surface area contributed by atoms with Gasteiger partial charge in [0, 0.05) is 32.1 Å². The van der Waals surface area contributed by atoms with Crippen LogP contribution in [0, 0.1) is 12.0 Å². The summed E-state index contributed by atoms with van der Waals surface area (Å²) in [7, 11) is 0. The van der Waals surface area contributed by atoms with Gasteiger partial charge in [-0.3, -0.25) is 4.79 Å². The fourth-order valence-electron chi connectivity index (χ4n) is 3.96. The summed E-state index contributed by atoms with van der Waals surface area (Å²) in [6, 6.07) is 18.9. The molecular weight excluding hydrogens is 728 g/mol. The SMILES string of the molecule is CC(C)c1cc(-c2c[c]([Ge]([CH3])([CH3])[CH3])ccn2)[c-]c2ccccc12.CCC(CC)/C(O)=C/C(=O)C(F)(F)F.[Ir]. The molecule has 1 radical (unpaired) electrons. The number of benzene rings is 2. The molecule has 0 aliphatic carbocycles. The summed E-state index contributed by atoms with van der Waals surface area (Å²) in [4.78, 5) is 15.1. The van der Waals surface area contributed by atoms with Crippen LogP contribution in [0.4, 0.5) is 13.2 Å². The molecule has 0 amide bonds. The number of aromatic nitrogens is 1. The quantitative estimate of drug-likeness (QED) is 0.114. The Morgan fingerprint density at radius 1 is 1.08 bits per heavy atom. The standard InChI is InChI=1S/C21H24GeN.C9H13F3O2.Ir/c1-15(2)20-13-17(12-16-8-6-7-9-19(16)20)21-14-18(10-11-23-21)22(3,4)5;1-3-6(4-2)7(13)5-8(14)9(10,11)12;/h6-11,13-15H,1-5H3;5-6,13H,3-4H2,1-2H3;/q-1;;/b;7-5-;. The second-order valence-electron chi connectivity index (χ2n) is 10.5. The average Bonchev–Trinajstić information content (AvgIpc) is 2.83. The van der Waals surface area contributed by atoms with Gasteiger partial charge in [-0.15, -0.1) is 0 Å². The summed E-state index contributed by atoms with van der Waals surface area (Å²) in [5.41, 5.74) is 3.54. The topological polar surface area (TPSA) is 50.2 Å². The van der Waals surface area contributed by atoms with Crippen LogP contribution in [0.25, 0.3) is 22.0 Å². The Kier molecular flexibility index (Phi) is 12.9. The van der Waals surface area contributed by atoms with E-state index in [2.05, 4.69) is 84.6 Å². The molecule has 209 valence electrons. The van der Waals surface area contributed by atoms with Crippen molar-refractivity contribution in [1.82, 2.24) is 4.98 Å². The number of allylic oxidation sites excluding steroid dienone is 2. The first-order chi connectivity index (χ1) is 17.2. The zero-order chi connectivity index (χ0) is 28.0. The number of rotatable bonds is 7. The van der Waals surface area contributed by atoms with Gasteiger partial charge in [0.1, 0.15) is 0 Å². The number of hydrogen-bond donors (Lipinski definition) is 1. The summed E-state index contributed by atoms with van der Waals surface area (Å²) in [5.74, 6) is 4.87. The number of halogens is 3. The van der Waals surface area contributed by atoms with Crippen molar-refractivity contribution in [2.75, 3.05) is 0 Å². The minimum Gasteiger partial charge on any atom is -0.512 e. The molecule has 3 nitrogen and oxygen atoms in total. The molecule has 1 aromatic heterocycles. The fraction of sp³-hybridized carbons (Fsp3) is 0.400. The molecule has 2 aromatic carbocycles. The first kappa shape index (κ1) is 34.1. The molecule has 0 unspecified atom stereocenters. The third kappa shape index (κ3) is 9.35. The number of carbonyl (C=O) groups excluding carboxylic acids is 1. The summed E-state index contributed by atoms with van der Waals surface area (Å²) in [5, 5.41) is 11.7. The van der Waals surface area contributed by atoms with Crippen molar-refractivity contribution < 1.29 is 43.2 Å². The van der Waals surface area contributed by atoms with Crippen LogP contribution < -0.4 is 4.40 Å². The Morgan fingerprint density at radius 2 is 1.68 bits per heavy atom. The van der Waals surface area contributed by atoms with Crippen LogP contribution in [-0.4, -0.2) is 35.3 Å². The van der Waals surface area contributed by atoms with E-state index in [1.54, 1.807) is 13.8 Å². The maximum absolute atomic E-state index is 11.8. The van der Waals surface area contributed by atoms with Crippen molar-refractivity contribution in [2.45, 2.75) is 69.9 Å². The summed E-state index contributed by atoms with van der Waals surface area (Å²) >= 11 is -1.85. The van der Waals surface area contributed by atoms with E-state index in [1.807, 2.05) is 6.20 Å². The number of fused-ring (bicyclic) bond motifs is 1.